The molecule has 0 bridgehead atoms. The minimum Gasteiger partial charge on any atom is -0.490 e. The van der Waals surface area contributed by atoms with E-state index in [0.29, 0.717) is 43.8 Å². The molecule has 0 saturated heterocycles. The Labute approximate surface area is 201 Å². The number of furan rings is 1. The zero-order valence-electron chi connectivity index (χ0n) is 18.6. The number of nitrogens with zero attached hydrogens (tertiary/aromatic N) is 1. The Kier molecular flexibility index (Phi) is 12.5. The molecule has 1 aromatic heterocycles. The van der Waals surface area contributed by atoms with Gasteiger partial charge in [-0.2, -0.15) is 0 Å². The van der Waals surface area contributed by atoms with E-state index in [1.54, 1.807) is 12.3 Å². The third-order valence-electron chi connectivity index (χ3n) is 4.19. The summed E-state index contributed by atoms with van der Waals surface area (Å²) in [5.74, 6) is 2.52. The van der Waals surface area contributed by atoms with Crippen molar-refractivity contribution >= 4 is 35.8 Å². The molecule has 2 rings (SSSR count). The van der Waals surface area contributed by atoms with Gasteiger partial charge in [-0.05, 0) is 57.5 Å². The summed E-state index contributed by atoms with van der Waals surface area (Å²) in [6, 6.07) is 9.41. The molecular formula is C22H33IN4O4. The van der Waals surface area contributed by atoms with Crippen LogP contribution in [0, 0.1) is 0 Å². The van der Waals surface area contributed by atoms with E-state index in [9.17, 15) is 4.79 Å². The maximum atomic E-state index is 12.1. The van der Waals surface area contributed by atoms with Crippen LogP contribution in [0.5, 0.6) is 11.5 Å². The first-order valence-corrected chi connectivity index (χ1v) is 10.3. The van der Waals surface area contributed by atoms with Gasteiger partial charge in [0.1, 0.15) is 12.3 Å². The molecule has 2 aromatic rings. The van der Waals surface area contributed by atoms with Crippen LogP contribution in [0.1, 0.15) is 45.1 Å². The summed E-state index contributed by atoms with van der Waals surface area (Å²) in [6.45, 7) is 10.0. The fourth-order valence-corrected chi connectivity index (χ4v) is 2.75. The number of nitrogens with one attached hydrogen (secondary N) is 3. The molecule has 0 fully saturated rings. The second kappa shape index (κ2) is 14.6. The first-order chi connectivity index (χ1) is 14.6. The van der Waals surface area contributed by atoms with Crippen LogP contribution in [0.2, 0.25) is 0 Å². The standard InChI is InChI=1S/C22H32N4O4.HI/c1-5-23-22(25-15-21(27)24-14-18-9-8-12-30-18)26-16(4)17-10-11-19(28-6-2)20(13-17)29-7-3;/h8-13,16H,5-7,14-15H2,1-4H3,(H,24,27)(H2,23,25,26);1H. The molecule has 0 aliphatic carbocycles. The lowest BCUT2D eigenvalue weighted by Crippen LogP contribution is -2.39. The number of amides is 1. The van der Waals surface area contributed by atoms with Gasteiger partial charge in [0.2, 0.25) is 5.91 Å². The van der Waals surface area contributed by atoms with E-state index < -0.39 is 0 Å². The number of benzene rings is 1. The van der Waals surface area contributed by atoms with Gasteiger partial charge in [0.15, 0.2) is 17.5 Å². The van der Waals surface area contributed by atoms with Crippen molar-refractivity contribution in [2.24, 2.45) is 4.99 Å². The highest BCUT2D eigenvalue weighted by molar-refractivity contribution is 14.0. The number of ether oxygens (including phenoxy) is 2. The number of rotatable bonds is 11. The molecule has 1 unspecified atom stereocenters. The Balaban J connectivity index is 0.00000480. The van der Waals surface area contributed by atoms with Crippen LogP contribution in [-0.2, 0) is 11.3 Å². The molecule has 0 saturated carbocycles. The van der Waals surface area contributed by atoms with Crippen LogP contribution < -0.4 is 25.4 Å². The number of carbonyl (C=O) groups is 1. The molecule has 0 spiro atoms. The average Bonchev–Trinajstić information content (AvgIpc) is 3.26. The van der Waals surface area contributed by atoms with Crippen LogP contribution >= 0.6 is 24.0 Å². The van der Waals surface area contributed by atoms with Crippen molar-refractivity contribution < 1.29 is 18.7 Å². The van der Waals surface area contributed by atoms with Gasteiger partial charge in [0, 0.05) is 6.54 Å². The molecule has 0 radical (unpaired) electrons. The zero-order chi connectivity index (χ0) is 21.8. The Morgan fingerprint density at radius 1 is 1.10 bits per heavy atom. The van der Waals surface area contributed by atoms with Gasteiger partial charge in [-0.15, -0.1) is 24.0 Å². The van der Waals surface area contributed by atoms with E-state index in [1.807, 2.05) is 52.0 Å². The highest BCUT2D eigenvalue weighted by Crippen LogP contribution is 2.30. The summed E-state index contributed by atoms with van der Waals surface area (Å²) in [5, 5.41) is 9.27. The van der Waals surface area contributed by atoms with Crippen molar-refractivity contribution in [3.63, 3.8) is 0 Å². The SMILES string of the molecule is CCNC(=NCC(=O)NCc1ccco1)NC(C)c1ccc(OCC)c(OCC)c1.I. The first kappa shape index (κ1) is 26.6. The van der Waals surface area contributed by atoms with Crippen molar-refractivity contribution in [1.82, 2.24) is 16.0 Å². The summed E-state index contributed by atoms with van der Waals surface area (Å²) < 4.78 is 16.5. The normalized spacial score (nSPS) is 11.8. The fourth-order valence-electron chi connectivity index (χ4n) is 2.75. The molecule has 3 N–H and O–H groups in total. The van der Waals surface area contributed by atoms with Crippen molar-refractivity contribution in [3.05, 3.63) is 47.9 Å². The Morgan fingerprint density at radius 3 is 2.48 bits per heavy atom. The average molecular weight is 544 g/mol. The molecule has 8 nitrogen and oxygen atoms in total. The Bertz CT molecular complexity index is 812. The highest BCUT2D eigenvalue weighted by Gasteiger charge is 2.13. The lowest BCUT2D eigenvalue weighted by molar-refractivity contribution is -0.119. The fraction of sp³-hybridized carbons (Fsp3) is 0.455. The third-order valence-corrected chi connectivity index (χ3v) is 4.19. The smallest absolute Gasteiger partial charge is 0.242 e. The van der Waals surface area contributed by atoms with Crippen molar-refractivity contribution in [3.8, 4) is 11.5 Å². The third kappa shape index (κ3) is 9.07. The number of guanidine groups is 1. The zero-order valence-corrected chi connectivity index (χ0v) is 20.9. The summed E-state index contributed by atoms with van der Waals surface area (Å²) in [5.41, 5.74) is 1.02. The minimum atomic E-state index is -0.184. The van der Waals surface area contributed by atoms with Gasteiger partial charge < -0.3 is 29.8 Å². The summed E-state index contributed by atoms with van der Waals surface area (Å²) in [4.78, 5) is 16.5. The number of halogens is 1. The molecule has 0 aliphatic heterocycles. The predicted molar refractivity (Wildman–Crippen MR) is 132 cm³/mol. The van der Waals surface area contributed by atoms with Gasteiger partial charge in [-0.3, -0.25) is 4.79 Å². The highest BCUT2D eigenvalue weighted by atomic mass is 127. The quantitative estimate of drug-likeness (QED) is 0.227. The van der Waals surface area contributed by atoms with Crippen LogP contribution in [0.25, 0.3) is 0 Å². The monoisotopic (exact) mass is 544 g/mol. The number of carbonyl (C=O) groups excluding carboxylic acids is 1. The molecule has 172 valence electrons. The summed E-state index contributed by atoms with van der Waals surface area (Å²) in [7, 11) is 0. The molecule has 1 atom stereocenters. The topological polar surface area (TPSA) is 97.1 Å². The molecule has 31 heavy (non-hydrogen) atoms. The maximum Gasteiger partial charge on any atom is 0.242 e. The number of hydrogen-bond acceptors (Lipinski definition) is 5. The van der Waals surface area contributed by atoms with E-state index >= 15 is 0 Å². The first-order valence-electron chi connectivity index (χ1n) is 10.3. The van der Waals surface area contributed by atoms with Crippen LogP contribution in [0.15, 0.2) is 46.0 Å². The Morgan fingerprint density at radius 2 is 1.84 bits per heavy atom. The lowest BCUT2D eigenvalue weighted by Gasteiger charge is -2.20. The second-order valence-electron chi connectivity index (χ2n) is 6.49. The molecule has 9 heteroatoms. The second-order valence-corrected chi connectivity index (χ2v) is 6.49. The van der Waals surface area contributed by atoms with Crippen LogP contribution in [0.4, 0.5) is 0 Å². The molecule has 1 heterocycles. The van der Waals surface area contributed by atoms with Gasteiger partial charge in [0.25, 0.3) is 0 Å². The van der Waals surface area contributed by atoms with Gasteiger partial charge in [0.05, 0.1) is 32.1 Å². The minimum absolute atomic E-state index is 0. The summed E-state index contributed by atoms with van der Waals surface area (Å²) in [6.07, 6.45) is 1.58. The lowest BCUT2D eigenvalue weighted by atomic mass is 10.1. The van der Waals surface area contributed by atoms with Crippen molar-refractivity contribution in [2.75, 3.05) is 26.3 Å². The van der Waals surface area contributed by atoms with Gasteiger partial charge in [-0.25, -0.2) is 4.99 Å². The van der Waals surface area contributed by atoms with E-state index in [0.717, 1.165) is 11.3 Å². The molecular weight excluding hydrogens is 511 g/mol. The number of hydrogen-bond donors (Lipinski definition) is 3. The summed E-state index contributed by atoms with van der Waals surface area (Å²) >= 11 is 0. The van der Waals surface area contributed by atoms with Crippen LogP contribution in [-0.4, -0.2) is 38.2 Å². The van der Waals surface area contributed by atoms with E-state index in [1.165, 1.54) is 0 Å². The Hall–Kier alpha value is -2.43. The predicted octanol–water partition coefficient (Wildman–Crippen LogP) is 3.63. The largest absolute Gasteiger partial charge is 0.490 e. The van der Waals surface area contributed by atoms with Crippen molar-refractivity contribution in [1.29, 1.82) is 0 Å². The van der Waals surface area contributed by atoms with Gasteiger partial charge >= 0.3 is 0 Å². The molecule has 1 amide bonds. The van der Waals surface area contributed by atoms with E-state index in [2.05, 4.69) is 20.9 Å². The molecule has 0 aliphatic rings. The maximum absolute atomic E-state index is 12.1. The van der Waals surface area contributed by atoms with E-state index in [4.69, 9.17) is 13.9 Å². The molecule has 1 aromatic carbocycles. The van der Waals surface area contributed by atoms with Gasteiger partial charge in [-0.1, -0.05) is 6.07 Å². The number of aliphatic imine (C=N–C) groups is 1. The van der Waals surface area contributed by atoms with Crippen LogP contribution in [0.3, 0.4) is 0 Å². The van der Waals surface area contributed by atoms with Crippen molar-refractivity contribution in [2.45, 2.75) is 40.3 Å². The van der Waals surface area contributed by atoms with E-state index in [-0.39, 0.29) is 42.5 Å².